The van der Waals surface area contributed by atoms with Crippen molar-refractivity contribution in [2.24, 2.45) is 0 Å². The SMILES string of the molecule is BrCCCCCCCCCCCCCCCCCCCCCCCCCCCCCCCCBr. The summed E-state index contributed by atoms with van der Waals surface area (Å²) < 4.78 is 0. The van der Waals surface area contributed by atoms with Crippen molar-refractivity contribution in [2.45, 2.75) is 193 Å². The summed E-state index contributed by atoms with van der Waals surface area (Å²) in [6.45, 7) is 0. The van der Waals surface area contributed by atoms with Crippen LogP contribution >= 0.6 is 31.9 Å². The summed E-state index contributed by atoms with van der Waals surface area (Å²) in [6, 6.07) is 0. The molecule has 0 unspecified atom stereocenters. The molecule has 0 aliphatic heterocycles. The zero-order valence-electron chi connectivity index (χ0n) is 23.4. The van der Waals surface area contributed by atoms with Crippen molar-refractivity contribution in [2.75, 3.05) is 10.7 Å². The number of rotatable bonds is 31. The standard InChI is InChI=1S/C32H64Br2/c33-31-29-27-25-23-21-19-17-15-13-11-9-7-5-3-1-2-4-6-8-10-12-14-16-18-20-22-24-26-28-30-32-34/h1-32H2. The first-order chi connectivity index (χ1) is 16.9. The molecule has 0 radical (unpaired) electrons. The van der Waals surface area contributed by atoms with Crippen LogP contribution in [0.4, 0.5) is 0 Å². The third kappa shape index (κ3) is 33.0. The molecular formula is C32H64Br2. The minimum absolute atomic E-state index is 1.19. The predicted molar refractivity (Wildman–Crippen MR) is 166 cm³/mol. The van der Waals surface area contributed by atoms with Crippen LogP contribution in [0.15, 0.2) is 0 Å². The Bertz CT molecular complexity index is 299. The van der Waals surface area contributed by atoms with E-state index in [0.717, 1.165) is 0 Å². The summed E-state index contributed by atoms with van der Waals surface area (Å²) in [5.41, 5.74) is 0. The van der Waals surface area contributed by atoms with Crippen LogP contribution < -0.4 is 0 Å². The summed E-state index contributed by atoms with van der Waals surface area (Å²) in [7, 11) is 0. The molecule has 0 nitrogen and oxygen atoms in total. The van der Waals surface area contributed by atoms with Gasteiger partial charge in [0.15, 0.2) is 0 Å². The van der Waals surface area contributed by atoms with Gasteiger partial charge in [-0.2, -0.15) is 0 Å². The maximum Gasteiger partial charge on any atom is 0.00313 e. The van der Waals surface area contributed by atoms with Crippen molar-refractivity contribution in [3.8, 4) is 0 Å². The van der Waals surface area contributed by atoms with Crippen LogP contribution in [0.25, 0.3) is 0 Å². The molecule has 0 aliphatic rings. The Morgan fingerprint density at radius 1 is 0.147 bits per heavy atom. The van der Waals surface area contributed by atoms with Gasteiger partial charge in [-0.25, -0.2) is 0 Å². The van der Waals surface area contributed by atoms with Crippen LogP contribution in [0.2, 0.25) is 0 Å². The Balaban J connectivity index is 2.99. The quantitative estimate of drug-likeness (QED) is 0.0543. The first kappa shape index (κ1) is 35.0. The second kappa shape index (κ2) is 34.0. The lowest BCUT2D eigenvalue weighted by Crippen LogP contribution is -1.85. The molecule has 0 saturated carbocycles. The molecule has 0 aromatic carbocycles. The first-order valence-corrected chi connectivity index (χ1v) is 18.3. The van der Waals surface area contributed by atoms with Gasteiger partial charge in [-0.1, -0.05) is 212 Å². The summed E-state index contributed by atoms with van der Waals surface area (Å²) in [5.74, 6) is 0. The molecule has 0 N–H and O–H groups in total. The second-order valence-corrected chi connectivity index (χ2v) is 12.6. The second-order valence-electron chi connectivity index (χ2n) is 11.0. The van der Waals surface area contributed by atoms with E-state index < -0.39 is 0 Å². The van der Waals surface area contributed by atoms with Gasteiger partial charge in [-0.3, -0.25) is 0 Å². The maximum absolute atomic E-state index is 3.52. The fourth-order valence-corrected chi connectivity index (χ4v) is 5.93. The summed E-state index contributed by atoms with van der Waals surface area (Å²) in [6.07, 6.45) is 44.1. The molecule has 0 atom stereocenters. The molecule has 0 rings (SSSR count). The lowest BCUT2D eigenvalue weighted by molar-refractivity contribution is 0.513. The van der Waals surface area contributed by atoms with Crippen molar-refractivity contribution in [1.82, 2.24) is 0 Å². The van der Waals surface area contributed by atoms with Gasteiger partial charge < -0.3 is 0 Å². The van der Waals surface area contributed by atoms with E-state index in [-0.39, 0.29) is 0 Å². The van der Waals surface area contributed by atoms with E-state index in [2.05, 4.69) is 31.9 Å². The van der Waals surface area contributed by atoms with Crippen molar-refractivity contribution in [3.05, 3.63) is 0 Å². The van der Waals surface area contributed by atoms with Gasteiger partial charge in [0.2, 0.25) is 0 Å². The van der Waals surface area contributed by atoms with E-state index in [1.807, 2.05) is 0 Å². The van der Waals surface area contributed by atoms with E-state index in [4.69, 9.17) is 0 Å². The van der Waals surface area contributed by atoms with Gasteiger partial charge in [0, 0.05) is 10.7 Å². The molecule has 0 spiro atoms. The zero-order chi connectivity index (χ0) is 24.6. The van der Waals surface area contributed by atoms with E-state index in [0.29, 0.717) is 0 Å². The minimum atomic E-state index is 1.19. The largest absolute Gasteiger partial charge is 0.0928 e. The maximum atomic E-state index is 3.52. The van der Waals surface area contributed by atoms with E-state index in [1.54, 1.807) is 0 Å². The van der Waals surface area contributed by atoms with Crippen molar-refractivity contribution in [3.63, 3.8) is 0 Å². The third-order valence-corrected chi connectivity index (χ3v) is 8.64. The van der Waals surface area contributed by atoms with Crippen molar-refractivity contribution >= 4 is 31.9 Å². The Morgan fingerprint density at radius 3 is 0.324 bits per heavy atom. The molecule has 0 aromatic heterocycles. The number of halogens is 2. The van der Waals surface area contributed by atoms with Crippen LogP contribution in [0.1, 0.15) is 193 Å². The molecule has 34 heavy (non-hydrogen) atoms. The van der Waals surface area contributed by atoms with E-state index in [9.17, 15) is 0 Å². The number of unbranched alkanes of at least 4 members (excludes halogenated alkanes) is 29. The normalized spacial score (nSPS) is 11.5. The van der Waals surface area contributed by atoms with Crippen LogP contribution in [0.3, 0.4) is 0 Å². The topological polar surface area (TPSA) is 0 Å². The lowest BCUT2D eigenvalue weighted by atomic mass is 10.0. The number of hydrogen-bond donors (Lipinski definition) is 0. The van der Waals surface area contributed by atoms with Crippen LogP contribution in [-0.4, -0.2) is 10.7 Å². The molecule has 0 heterocycles. The highest BCUT2D eigenvalue weighted by atomic mass is 79.9. The molecule has 0 amide bonds. The Kier molecular flexibility index (Phi) is 34.9. The Hall–Kier alpha value is 0.960. The molecule has 0 bridgehead atoms. The van der Waals surface area contributed by atoms with E-state index >= 15 is 0 Å². The van der Waals surface area contributed by atoms with Crippen molar-refractivity contribution < 1.29 is 0 Å². The molecule has 0 aromatic rings. The fourth-order valence-electron chi connectivity index (χ4n) is 5.14. The van der Waals surface area contributed by atoms with Gasteiger partial charge in [0.1, 0.15) is 0 Å². The third-order valence-electron chi connectivity index (χ3n) is 7.52. The van der Waals surface area contributed by atoms with Gasteiger partial charge in [-0.15, -0.1) is 0 Å². The zero-order valence-corrected chi connectivity index (χ0v) is 26.6. The smallest absolute Gasteiger partial charge is 0.00313 e. The van der Waals surface area contributed by atoms with Crippen LogP contribution in [0, 0.1) is 0 Å². The Morgan fingerprint density at radius 2 is 0.235 bits per heavy atom. The summed E-state index contributed by atoms with van der Waals surface area (Å²) >= 11 is 7.04. The molecule has 0 aliphatic carbocycles. The van der Waals surface area contributed by atoms with Crippen LogP contribution in [-0.2, 0) is 0 Å². The molecule has 0 fully saturated rings. The summed E-state index contributed by atoms with van der Waals surface area (Å²) in [4.78, 5) is 0. The van der Waals surface area contributed by atoms with Gasteiger partial charge in [0.25, 0.3) is 0 Å². The average Bonchev–Trinajstić information content (AvgIpc) is 2.85. The lowest BCUT2D eigenvalue weighted by Gasteiger charge is -2.04. The summed E-state index contributed by atoms with van der Waals surface area (Å²) in [5, 5.41) is 2.37. The van der Waals surface area contributed by atoms with Crippen LogP contribution in [0.5, 0.6) is 0 Å². The highest BCUT2D eigenvalue weighted by molar-refractivity contribution is 9.09. The monoisotopic (exact) mass is 606 g/mol. The fraction of sp³-hybridized carbons (Fsp3) is 1.00. The van der Waals surface area contributed by atoms with Gasteiger partial charge in [0.05, 0.1) is 0 Å². The highest BCUT2D eigenvalue weighted by Gasteiger charge is 1.97. The van der Waals surface area contributed by atoms with E-state index in [1.165, 1.54) is 203 Å². The molecule has 2 heteroatoms. The molecule has 206 valence electrons. The predicted octanol–water partition coefficient (Wildman–Crippen LogP) is 13.5. The Labute approximate surface area is 234 Å². The number of hydrogen-bond acceptors (Lipinski definition) is 0. The highest BCUT2D eigenvalue weighted by Crippen LogP contribution is 2.16. The number of alkyl halides is 2. The van der Waals surface area contributed by atoms with Gasteiger partial charge >= 0.3 is 0 Å². The molecule has 0 saturated heterocycles. The van der Waals surface area contributed by atoms with Crippen molar-refractivity contribution in [1.29, 1.82) is 0 Å². The van der Waals surface area contributed by atoms with Gasteiger partial charge in [-0.05, 0) is 12.8 Å². The first-order valence-electron chi connectivity index (χ1n) is 16.0. The molecular weight excluding hydrogens is 544 g/mol. The average molecular weight is 609 g/mol. The minimum Gasteiger partial charge on any atom is -0.0928 e.